The molecule has 18 N–H and O–H groups in total. The van der Waals surface area contributed by atoms with Crippen LogP contribution in [0.15, 0.2) is 21.9 Å². The third-order valence-corrected chi connectivity index (χ3v) is 20.0. The van der Waals surface area contributed by atoms with Crippen molar-refractivity contribution in [3.05, 3.63) is 33.1 Å². The summed E-state index contributed by atoms with van der Waals surface area (Å²) in [5.74, 6) is -1.76. The Balaban J connectivity index is 1.01. The summed E-state index contributed by atoms with van der Waals surface area (Å²) in [7, 11) is -10.3. The number of carbonyl (C=O) groups is 3. The van der Waals surface area contributed by atoms with E-state index in [1.807, 2.05) is 4.98 Å². The number of thioether (sulfide) groups is 2. The minimum Gasteiger partial charge on any atom is -0.469 e. The SMILES string of the molecule is COC(=O)CCCCCCCCO[C@@H]1O[C@H](CO[C@H]2O[C@H](CSCCCSCC(=O)N[C@H]3[C@@H](OP(=O)(O)OP(=O)(O)OC[C@H]4O[C@@H](n5ccc(=O)[nH]c5=O)[C@H](O)[C@@H]4O)O[C@H](CO)[C@@H](O)[C@@H]3O)[C@@H](O)[C@H](O)[C@@H]2O[C@@H]2O[C@H](CO)[C@@H](O)[C@H](O)[C@H]2NC(C)=O)[C@@H](O)[C@H](O)[C@@H]1O. The number of ether oxygens (including phenoxy) is 9. The first-order chi connectivity index (χ1) is 43.5. The zero-order valence-corrected chi connectivity index (χ0v) is 53.1. The number of methoxy groups -OCH3 is 1. The number of rotatable bonds is 35. The number of phosphoric ester groups is 2. The lowest BCUT2D eigenvalue weighted by molar-refractivity contribution is -0.360. The van der Waals surface area contributed by atoms with Gasteiger partial charge in [0.25, 0.3) is 5.56 Å². The first-order valence-electron chi connectivity index (χ1n) is 29.2. The Morgan fingerprint density at radius 3 is 1.82 bits per heavy atom. The molecular formula is C50H84N4O34P2S2. The number of H-pyrrole nitrogens is 1. The summed E-state index contributed by atoms with van der Waals surface area (Å²) >= 11 is 2.22. The standard InChI is InChI=1S/C50H84N4O34P2S2/c1-22(57)51-31-38(66)33(61)23(16-55)82-46(31)86-44-41(69)37(65)27(85-49(44)79-18-25-35(63)40(68)43(71)48(84-25)78-13-8-6-4-3-5-7-10-30(60)77-2)20-91-14-9-15-92-21-29(59)52-32-39(67)34(62)24(17-56)83-47(32)87-90(75,76)88-89(73,74)80-19-26-36(64)42(70)45(81-26)54-12-11-28(58)53-50(54)72/h11-12,23-27,31-49,55-56,61-71H,3-10,13-21H2,1-2H3,(H,51,57)(H,52,59)(H,73,74)(H,75,76)(H,53,58,72)/t23-,24-,25-,26-,27-,31-,32-,33-,34-,35-,36-,37-,38-,39-,40+,41+,42-,43+,44+,45-,46+,47-,48-,49+/m1/s1. The summed E-state index contributed by atoms with van der Waals surface area (Å²) in [4.78, 5) is 83.3. The quantitative estimate of drug-likeness (QED) is 0.0171. The van der Waals surface area contributed by atoms with Crippen LogP contribution < -0.4 is 21.9 Å². The van der Waals surface area contributed by atoms with Crippen LogP contribution in [0.3, 0.4) is 0 Å². The van der Waals surface area contributed by atoms with E-state index >= 15 is 0 Å². The van der Waals surface area contributed by atoms with Crippen LogP contribution in [0.25, 0.3) is 0 Å². The number of carbonyl (C=O) groups excluding carboxylic acids is 3. The minimum atomic E-state index is -5.88. The molecule has 6 rings (SSSR count). The van der Waals surface area contributed by atoms with E-state index in [2.05, 4.69) is 19.7 Å². The molecule has 1 aromatic rings. The van der Waals surface area contributed by atoms with E-state index in [1.165, 1.54) is 18.9 Å². The highest BCUT2D eigenvalue weighted by Gasteiger charge is 2.54. The average molecular weight is 1410 g/mol. The molecule has 5 saturated heterocycles. The van der Waals surface area contributed by atoms with Gasteiger partial charge in [-0.3, -0.25) is 37.8 Å². The molecule has 1 aromatic heterocycles. The molecular weight excluding hydrogens is 1330 g/mol. The van der Waals surface area contributed by atoms with Crippen molar-refractivity contribution in [1.82, 2.24) is 20.2 Å². The normalized spacial score (nSPS) is 37.2. The van der Waals surface area contributed by atoms with Crippen molar-refractivity contribution in [3.8, 4) is 0 Å². The van der Waals surface area contributed by atoms with Gasteiger partial charge < -0.3 is 129 Å². The van der Waals surface area contributed by atoms with E-state index in [-0.39, 0.29) is 29.8 Å². The maximum absolute atomic E-state index is 13.2. The maximum atomic E-state index is 13.2. The Morgan fingerprint density at radius 2 is 1.17 bits per heavy atom. The van der Waals surface area contributed by atoms with Gasteiger partial charge in [0.2, 0.25) is 11.8 Å². The largest absolute Gasteiger partial charge is 0.483 e. The molecule has 0 saturated carbocycles. The van der Waals surface area contributed by atoms with Gasteiger partial charge in [-0.05, 0) is 30.8 Å². The molecule has 0 bridgehead atoms. The third kappa shape index (κ3) is 21.9. The second kappa shape index (κ2) is 36.7. The number of aliphatic hydroxyl groups excluding tert-OH is 13. The summed E-state index contributed by atoms with van der Waals surface area (Å²) < 4.78 is 91.4. The average Bonchev–Trinajstić information content (AvgIpc) is 1.02. The molecule has 38 nitrogen and oxygen atoms in total. The van der Waals surface area contributed by atoms with Crippen molar-refractivity contribution >= 4 is 57.0 Å². The zero-order valence-electron chi connectivity index (χ0n) is 49.7. The molecule has 0 spiro atoms. The molecule has 6 heterocycles. The molecule has 5 aliphatic rings. The molecule has 92 heavy (non-hydrogen) atoms. The zero-order chi connectivity index (χ0) is 67.8. The summed E-state index contributed by atoms with van der Waals surface area (Å²) in [5.41, 5.74) is -1.86. The molecule has 0 radical (unpaired) electrons. The second-order valence-corrected chi connectivity index (χ2v) is 27.2. The first kappa shape index (κ1) is 78.2. The van der Waals surface area contributed by atoms with E-state index in [9.17, 15) is 109 Å². The summed E-state index contributed by atoms with van der Waals surface area (Å²) in [6.07, 6.45) is -32.4. The Labute approximate surface area is 532 Å². The Morgan fingerprint density at radius 1 is 0.609 bits per heavy atom. The van der Waals surface area contributed by atoms with Crippen molar-refractivity contribution in [1.29, 1.82) is 0 Å². The number of nitrogens with one attached hydrogen (secondary N) is 3. The van der Waals surface area contributed by atoms with Gasteiger partial charge in [0.1, 0.15) is 110 Å². The number of phosphoric acid groups is 2. The van der Waals surface area contributed by atoms with E-state index in [0.717, 1.165) is 56.6 Å². The van der Waals surface area contributed by atoms with Gasteiger partial charge in [-0.1, -0.05) is 25.7 Å². The lowest BCUT2D eigenvalue weighted by Crippen LogP contribution is -2.67. The molecule has 0 aliphatic carbocycles. The smallest absolute Gasteiger partial charge is 0.469 e. The number of hydrogen-bond acceptors (Lipinski definition) is 34. The van der Waals surface area contributed by atoms with E-state index in [1.54, 1.807) is 0 Å². The maximum Gasteiger partial charge on any atom is 0.483 e. The van der Waals surface area contributed by atoms with Crippen molar-refractivity contribution in [3.63, 3.8) is 0 Å². The van der Waals surface area contributed by atoms with Crippen molar-refractivity contribution in [2.45, 2.75) is 206 Å². The molecule has 530 valence electrons. The molecule has 5 fully saturated rings. The number of unbranched alkanes of at least 4 members (excludes halogenated alkanes) is 5. The Hall–Kier alpha value is -2.79. The molecule has 5 aliphatic heterocycles. The van der Waals surface area contributed by atoms with Crippen LogP contribution in [-0.4, -0.2) is 308 Å². The number of amides is 2. The van der Waals surface area contributed by atoms with Gasteiger partial charge in [0.05, 0.1) is 45.4 Å². The van der Waals surface area contributed by atoms with E-state index in [0.29, 0.717) is 36.0 Å². The predicted molar refractivity (Wildman–Crippen MR) is 308 cm³/mol. The van der Waals surface area contributed by atoms with Crippen LogP contribution in [0.4, 0.5) is 0 Å². The minimum absolute atomic E-state index is 0.0568. The van der Waals surface area contributed by atoms with Crippen LogP contribution in [-0.2, 0) is 79.5 Å². The number of esters is 1. The second-order valence-electron chi connectivity index (χ2n) is 22.0. The summed E-state index contributed by atoms with van der Waals surface area (Å²) in [6, 6.07) is -2.55. The van der Waals surface area contributed by atoms with Crippen LogP contribution in [0.1, 0.15) is 64.5 Å². The molecule has 2 amide bonds. The fraction of sp³-hybridized carbons (Fsp3) is 0.860. The van der Waals surface area contributed by atoms with Crippen LogP contribution in [0, 0.1) is 0 Å². The molecule has 26 atom stereocenters. The molecule has 2 unspecified atom stereocenters. The molecule has 42 heteroatoms. The number of aliphatic hydroxyl groups is 13. The topological polar surface area (TPSA) is 578 Å². The van der Waals surface area contributed by atoms with Crippen molar-refractivity contribution in [2.75, 3.05) is 63.2 Å². The highest BCUT2D eigenvalue weighted by Crippen LogP contribution is 2.61. The van der Waals surface area contributed by atoms with Gasteiger partial charge >= 0.3 is 27.3 Å². The van der Waals surface area contributed by atoms with Crippen LogP contribution in [0.5, 0.6) is 0 Å². The summed E-state index contributed by atoms with van der Waals surface area (Å²) in [5, 5.41) is 144. The van der Waals surface area contributed by atoms with Gasteiger partial charge in [-0.25, -0.2) is 13.9 Å². The van der Waals surface area contributed by atoms with E-state index in [4.69, 9.17) is 46.9 Å². The van der Waals surface area contributed by atoms with Gasteiger partial charge in [0.15, 0.2) is 31.4 Å². The lowest BCUT2D eigenvalue weighted by atomic mass is 9.96. The summed E-state index contributed by atoms with van der Waals surface area (Å²) in [6.45, 7) is -2.47. The highest BCUT2D eigenvalue weighted by atomic mass is 32.2. The molecule has 0 aromatic carbocycles. The van der Waals surface area contributed by atoms with Gasteiger partial charge in [0, 0.05) is 38.0 Å². The van der Waals surface area contributed by atoms with Crippen LogP contribution >= 0.6 is 39.2 Å². The third-order valence-electron chi connectivity index (χ3n) is 15.2. The Bertz CT molecular complexity index is 2700. The van der Waals surface area contributed by atoms with Crippen molar-refractivity contribution in [2.24, 2.45) is 0 Å². The number of nitrogens with zero attached hydrogens (tertiary/aromatic N) is 1. The fourth-order valence-corrected chi connectivity index (χ4v) is 14.3. The lowest BCUT2D eigenvalue weighted by Gasteiger charge is -2.47. The Kier molecular flexibility index (Phi) is 31.2. The van der Waals surface area contributed by atoms with Gasteiger partial charge in [-0.2, -0.15) is 27.8 Å². The van der Waals surface area contributed by atoms with Crippen LogP contribution in [0.2, 0.25) is 0 Å². The first-order valence-corrected chi connectivity index (χ1v) is 34.5. The fourth-order valence-electron chi connectivity index (χ4n) is 10.2. The van der Waals surface area contributed by atoms with E-state index < -0.39 is 212 Å². The highest BCUT2D eigenvalue weighted by molar-refractivity contribution is 8.00. The number of aromatic nitrogens is 2. The van der Waals surface area contributed by atoms with Gasteiger partial charge in [-0.15, -0.1) is 0 Å². The number of hydrogen-bond donors (Lipinski definition) is 18. The predicted octanol–water partition coefficient (Wildman–Crippen LogP) is -7.29. The van der Waals surface area contributed by atoms with Crippen molar-refractivity contribution < 1.29 is 156 Å². The number of aromatic amines is 1. The monoisotopic (exact) mass is 1410 g/mol.